The largest absolute Gasteiger partial charge is 0.481 e. The molecule has 2 N–H and O–H groups in total. The molecule has 1 aromatic rings. The number of rotatable bonds is 4. The van der Waals surface area contributed by atoms with Gasteiger partial charge >= 0.3 is 5.97 Å². The van der Waals surface area contributed by atoms with Gasteiger partial charge in [-0.25, -0.2) is 0 Å². The van der Waals surface area contributed by atoms with Crippen molar-refractivity contribution >= 4 is 5.97 Å². The Kier molecular flexibility index (Phi) is 4.15. The first-order chi connectivity index (χ1) is 8.27. The molecule has 0 unspecified atom stereocenters. The molecule has 0 bridgehead atoms. The van der Waals surface area contributed by atoms with Crippen LogP contribution in [-0.4, -0.2) is 24.2 Å². The van der Waals surface area contributed by atoms with Gasteiger partial charge in [-0.1, -0.05) is 24.3 Å². The average molecular weight is 233 g/mol. The fourth-order valence-corrected chi connectivity index (χ4v) is 2.53. The summed E-state index contributed by atoms with van der Waals surface area (Å²) in [5.41, 5.74) is 2.57. The number of carboxylic acid groups (broad SMARTS) is 1. The summed E-state index contributed by atoms with van der Waals surface area (Å²) < 4.78 is 0. The molecule has 3 nitrogen and oxygen atoms in total. The number of benzene rings is 1. The van der Waals surface area contributed by atoms with Crippen LogP contribution in [0.15, 0.2) is 24.3 Å². The molecular formula is C14H19NO2. The van der Waals surface area contributed by atoms with Crippen molar-refractivity contribution in [3.63, 3.8) is 0 Å². The molecule has 0 aromatic heterocycles. The molecule has 0 saturated carbocycles. The van der Waals surface area contributed by atoms with Crippen LogP contribution < -0.4 is 5.32 Å². The molecule has 0 aliphatic carbocycles. The van der Waals surface area contributed by atoms with E-state index in [-0.39, 0.29) is 6.42 Å². The number of piperidine rings is 1. The number of aliphatic carboxylic acids is 1. The Morgan fingerprint density at radius 3 is 2.71 bits per heavy atom. The highest BCUT2D eigenvalue weighted by molar-refractivity contribution is 5.67. The molecule has 2 rings (SSSR count). The first kappa shape index (κ1) is 12.1. The Balaban J connectivity index is 2.11. The molecule has 92 valence electrons. The Morgan fingerprint density at radius 2 is 2.00 bits per heavy atom. The summed E-state index contributed by atoms with van der Waals surface area (Å²) in [6, 6.07) is 8.29. The second-order valence-corrected chi connectivity index (χ2v) is 4.62. The lowest BCUT2D eigenvalue weighted by atomic mass is 9.86. The van der Waals surface area contributed by atoms with E-state index in [1.807, 2.05) is 6.07 Å². The number of nitrogens with one attached hydrogen (secondary N) is 1. The van der Waals surface area contributed by atoms with Crippen molar-refractivity contribution in [2.24, 2.45) is 0 Å². The molecule has 0 spiro atoms. The van der Waals surface area contributed by atoms with Crippen molar-refractivity contribution in [1.29, 1.82) is 0 Å². The molecule has 17 heavy (non-hydrogen) atoms. The molecule has 1 aromatic carbocycles. The lowest BCUT2D eigenvalue weighted by Gasteiger charge is -2.25. The van der Waals surface area contributed by atoms with Crippen molar-refractivity contribution in [3.8, 4) is 0 Å². The van der Waals surface area contributed by atoms with E-state index in [0.29, 0.717) is 12.3 Å². The second kappa shape index (κ2) is 5.82. The zero-order valence-electron chi connectivity index (χ0n) is 9.98. The summed E-state index contributed by atoms with van der Waals surface area (Å²) in [4.78, 5) is 10.7. The van der Waals surface area contributed by atoms with Crippen LogP contribution in [-0.2, 0) is 11.2 Å². The summed E-state index contributed by atoms with van der Waals surface area (Å²) in [5, 5.41) is 12.1. The van der Waals surface area contributed by atoms with E-state index in [1.54, 1.807) is 0 Å². The number of carboxylic acids is 1. The van der Waals surface area contributed by atoms with Gasteiger partial charge in [0, 0.05) is 6.42 Å². The van der Waals surface area contributed by atoms with Crippen molar-refractivity contribution < 1.29 is 9.90 Å². The minimum Gasteiger partial charge on any atom is -0.481 e. The van der Waals surface area contributed by atoms with Crippen LogP contribution in [0, 0.1) is 0 Å². The summed E-state index contributed by atoms with van der Waals surface area (Å²) in [6.45, 7) is 2.13. The zero-order valence-corrected chi connectivity index (χ0v) is 9.98. The van der Waals surface area contributed by atoms with E-state index in [0.717, 1.165) is 25.9 Å². The van der Waals surface area contributed by atoms with Gasteiger partial charge in [0.1, 0.15) is 0 Å². The first-order valence-corrected chi connectivity index (χ1v) is 6.27. The number of hydrogen-bond donors (Lipinski definition) is 2. The summed E-state index contributed by atoms with van der Waals surface area (Å²) >= 11 is 0. The van der Waals surface area contributed by atoms with Gasteiger partial charge in [-0.05, 0) is 49.4 Å². The molecular weight excluding hydrogens is 214 g/mol. The van der Waals surface area contributed by atoms with Crippen molar-refractivity contribution in [1.82, 2.24) is 5.32 Å². The maximum absolute atomic E-state index is 10.7. The molecule has 1 fully saturated rings. The van der Waals surface area contributed by atoms with Gasteiger partial charge in [0.25, 0.3) is 0 Å². The van der Waals surface area contributed by atoms with Gasteiger partial charge in [0.05, 0.1) is 0 Å². The van der Waals surface area contributed by atoms with Crippen LogP contribution in [0.3, 0.4) is 0 Å². The van der Waals surface area contributed by atoms with Crippen LogP contribution in [0.2, 0.25) is 0 Å². The molecule has 1 heterocycles. The van der Waals surface area contributed by atoms with Crippen molar-refractivity contribution in [2.75, 3.05) is 13.1 Å². The quantitative estimate of drug-likeness (QED) is 0.838. The van der Waals surface area contributed by atoms with E-state index in [2.05, 4.69) is 23.5 Å². The van der Waals surface area contributed by atoms with Crippen LogP contribution in [0.5, 0.6) is 0 Å². The Hall–Kier alpha value is -1.35. The Bertz CT molecular complexity index is 384. The fraction of sp³-hybridized carbons (Fsp3) is 0.500. The van der Waals surface area contributed by atoms with Crippen LogP contribution >= 0.6 is 0 Å². The molecule has 0 amide bonds. The zero-order chi connectivity index (χ0) is 12.1. The maximum atomic E-state index is 10.7. The van der Waals surface area contributed by atoms with Gasteiger partial charge < -0.3 is 10.4 Å². The number of aryl methyl sites for hydroxylation is 1. The second-order valence-electron chi connectivity index (χ2n) is 4.62. The summed E-state index contributed by atoms with van der Waals surface area (Å²) in [6.07, 6.45) is 3.19. The minimum absolute atomic E-state index is 0.224. The number of carbonyl (C=O) groups is 1. The molecule has 3 heteroatoms. The molecule has 0 atom stereocenters. The van der Waals surface area contributed by atoms with E-state index >= 15 is 0 Å². The van der Waals surface area contributed by atoms with Crippen LogP contribution in [0.1, 0.15) is 36.3 Å². The van der Waals surface area contributed by atoms with Crippen LogP contribution in [0.4, 0.5) is 0 Å². The fourth-order valence-electron chi connectivity index (χ4n) is 2.53. The third-order valence-electron chi connectivity index (χ3n) is 3.44. The topological polar surface area (TPSA) is 49.3 Å². The van der Waals surface area contributed by atoms with Crippen LogP contribution in [0.25, 0.3) is 0 Å². The van der Waals surface area contributed by atoms with E-state index < -0.39 is 5.97 Å². The number of hydrogen-bond acceptors (Lipinski definition) is 2. The third kappa shape index (κ3) is 3.30. The Morgan fingerprint density at radius 1 is 1.29 bits per heavy atom. The minimum atomic E-state index is -0.717. The normalized spacial score (nSPS) is 16.9. The highest BCUT2D eigenvalue weighted by atomic mass is 16.4. The van der Waals surface area contributed by atoms with Gasteiger partial charge in [0.15, 0.2) is 0 Å². The Labute approximate surface area is 102 Å². The van der Waals surface area contributed by atoms with Crippen molar-refractivity contribution in [2.45, 2.75) is 31.6 Å². The van der Waals surface area contributed by atoms with Gasteiger partial charge in [-0.2, -0.15) is 0 Å². The lowest BCUT2D eigenvalue weighted by molar-refractivity contribution is -0.136. The summed E-state index contributed by atoms with van der Waals surface area (Å²) in [7, 11) is 0. The predicted octanol–water partition coefficient (Wildman–Crippen LogP) is 2.17. The standard InChI is InChI=1S/C14H19NO2/c16-14(17)6-5-11-3-1-2-4-13(11)12-7-9-15-10-8-12/h1-4,12,15H,5-10H2,(H,16,17). The molecule has 0 radical (unpaired) electrons. The molecule has 1 saturated heterocycles. The van der Waals surface area contributed by atoms with Gasteiger partial charge in [-0.3, -0.25) is 4.79 Å². The summed E-state index contributed by atoms with van der Waals surface area (Å²) in [5.74, 6) is -0.119. The first-order valence-electron chi connectivity index (χ1n) is 6.27. The highest BCUT2D eigenvalue weighted by Crippen LogP contribution is 2.28. The SMILES string of the molecule is O=C(O)CCc1ccccc1C1CCNCC1. The average Bonchev–Trinajstić information content (AvgIpc) is 2.38. The predicted molar refractivity (Wildman–Crippen MR) is 67.2 cm³/mol. The lowest BCUT2D eigenvalue weighted by Crippen LogP contribution is -2.27. The maximum Gasteiger partial charge on any atom is 0.303 e. The van der Waals surface area contributed by atoms with E-state index in [4.69, 9.17) is 5.11 Å². The highest BCUT2D eigenvalue weighted by Gasteiger charge is 2.17. The van der Waals surface area contributed by atoms with Gasteiger partial charge in [-0.15, -0.1) is 0 Å². The van der Waals surface area contributed by atoms with E-state index in [9.17, 15) is 4.79 Å². The van der Waals surface area contributed by atoms with E-state index in [1.165, 1.54) is 11.1 Å². The smallest absolute Gasteiger partial charge is 0.303 e. The molecule has 1 aliphatic rings. The van der Waals surface area contributed by atoms with Gasteiger partial charge in [0.2, 0.25) is 0 Å². The monoisotopic (exact) mass is 233 g/mol. The molecule has 1 aliphatic heterocycles. The third-order valence-corrected chi connectivity index (χ3v) is 3.44. The van der Waals surface area contributed by atoms with Crippen molar-refractivity contribution in [3.05, 3.63) is 35.4 Å².